The molecule has 1 nitrogen and oxygen atoms in total. The van der Waals surface area contributed by atoms with Gasteiger partial charge in [0, 0.05) is 17.5 Å². The van der Waals surface area contributed by atoms with Gasteiger partial charge in [-0.05, 0) is 38.2 Å². The van der Waals surface area contributed by atoms with Crippen molar-refractivity contribution in [2.45, 2.75) is 214 Å². The zero-order valence-corrected chi connectivity index (χ0v) is 27.4. The van der Waals surface area contributed by atoms with Crippen LogP contribution in [0.2, 0.25) is 0 Å². The van der Waals surface area contributed by atoms with E-state index in [1.807, 2.05) is 0 Å². The van der Waals surface area contributed by atoms with E-state index >= 15 is 0 Å². The molecular formula is C38H72N+. The Balaban J connectivity index is 2.36. The van der Waals surface area contributed by atoms with E-state index in [1.165, 1.54) is 193 Å². The van der Waals surface area contributed by atoms with Crippen molar-refractivity contribution in [2.24, 2.45) is 0 Å². The van der Waals surface area contributed by atoms with Crippen LogP contribution in [0.15, 0.2) is 18.5 Å². The Labute approximate surface area is 247 Å². The van der Waals surface area contributed by atoms with Crippen LogP contribution < -0.4 is 4.57 Å². The lowest BCUT2D eigenvalue weighted by Crippen LogP contribution is -2.34. The maximum absolute atomic E-state index is 2.56. The van der Waals surface area contributed by atoms with E-state index in [2.05, 4.69) is 43.8 Å². The van der Waals surface area contributed by atoms with Crippen LogP contribution in [0.1, 0.15) is 205 Å². The Hall–Kier alpha value is -0.850. The summed E-state index contributed by atoms with van der Waals surface area (Å²) in [4.78, 5) is 0. The Morgan fingerprint density at radius 2 is 0.641 bits per heavy atom. The molecule has 1 heteroatoms. The molecule has 0 saturated heterocycles. The van der Waals surface area contributed by atoms with Crippen LogP contribution in [-0.4, -0.2) is 0 Å². The minimum atomic E-state index is 1.21. The fourth-order valence-electron chi connectivity index (χ4n) is 6.06. The smallest absolute Gasteiger partial charge is 0.171 e. The van der Waals surface area contributed by atoms with E-state index in [0.717, 1.165) is 0 Å². The molecule has 0 aliphatic rings. The lowest BCUT2D eigenvalue weighted by molar-refractivity contribution is -0.698. The highest BCUT2D eigenvalue weighted by atomic mass is 14.9. The second kappa shape index (κ2) is 28.7. The molecule has 228 valence electrons. The van der Waals surface area contributed by atoms with Gasteiger partial charge in [0.15, 0.2) is 12.4 Å². The van der Waals surface area contributed by atoms with Crippen molar-refractivity contribution in [3.8, 4) is 0 Å². The molecule has 0 atom stereocenters. The van der Waals surface area contributed by atoms with Gasteiger partial charge in [0.25, 0.3) is 0 Å². The van der Waals surface area contributed by atoms with Crippen LogP contribution in [0.3, 0.4) is 0 Å². The van der Waals surface area contributed by atoms with E-state index in [0.29, 0.717) is 0 Å². The molecule has 1 rings (SSSR count). The number of nitrogens with zero attached hydrogens (tertiary/aromatic N) is 1. The average molecular weight is 543 g/mol. The maximum Gasteiger partial charge on any atom is 0.171 e. The molecule has 0 aliphatic carbocycles. The fourth-order valence-corrected chi connectivity index (χ4v) is 6.06. The molecule has 0 aliphatic heterocycles. The second-order valence-corrected chi connectivity index (χ2v) is 12.8. The van der Waals surface area contributed by atoms with Gasteiger partial charge >= 0.3 is 0 Å². The molecule has 0 unspecified atom stereocenters. The van der Waals surface area contributed by atoms with Crippen molar-refractivity contribution in [2.75, 3.05) is 0 Å². The van der Waals surface area contributed by atoms with E-state index < -0.39 is 0 Å². The van der Waals surface area contributed by atoms with Crippen LogP contribution in [0.25, 0.3) is 0 Å². The number of pyridine rings is 1. The molecule has 0 N–H and O–H groups in total. The van der Waals surface area contributed by atoms with E-state index in [-0.39, 0.29) is 0 Å². The topological polar surface area (TPSA) is 3.88 Å². The molecule has 39 heavy (non-hydrogen) atoms. The summed E-state index contributed by atoms with van der Waals surface area (Å²) in [5.74, 6) is 0. The molecule has 0 amide bonds. The number of rotatable bonds is 30. The van der Waals surface area contributed by atoms with Gasteiger partial charge in [0.05, 0.1) is 0 Å². The van der Waals surface area contributed by atoms with E-state index in [1.54, 1.807) is 11.1 Å². The number of hydrogen-bond donors (Lipinski definition) is 0. The van der Waals surface area contributed by atoms with E-state index in [9.17, 15) is 0 Å². The van der Waals surface area contributed by atoms with Gasteiger partial charge < -0.3 is 0 Å². The van der Waals surface area contributed by atoms with Crippen LogP contribution in [-0.2, 0) is 19.4 Å². The Kier molecular flexibility index (Phi) is 26.6. The molecular weight excluding hydrogens is 470 g/mol. The Morgan fingerprint density at radius 1 is 0.359 bits per heavy atom. The van der Waals surface area contributed by atoms with Crippen molar-refractivity contribution in [3.63, 3.8) is 0 Å². The lowest BCUT2D eigenvalue weighted by Gasteiger charge is -2.07. The summed E-state index contributed by atoms with van der Waals surface area (Å²) in [7, 11) is 0. The minimum Gasteiger partial charge on any atom is -0.205 e. The summed E-state index contributed by atoms with van der Waals surface area (Å²) in [6.45, 7) is 8.15. The van der Waals surface area contributed by atoms with Gasteiger partial charge in [-0.25, -0.2) is 4.57 Å². The largest absolute Gasteiger partial charge is 0.205 e. The summed E-state index contributed by atoms with van der Waals surface area (Å²) in [6, 6.07) is 2.56. The van der Waals surface area contributed by atoms with Crippen LogP contribution in [0, 0.1) is 0 Å². The summed E-state index contributed by atoms with van der Waals surface area (Å²) in [5.41, 5.74) is 3.20. The Bertz CT molecular complexity index is 583. The zero-order valence-electron chi connectivity index (χ0n) is 27.4. The molecule has 0 aromatic carbocycles. The minimum absolute atomic E-state index is 1.21. The maximum atomic E-state index is 2.56. The monoisotopic (exact) mass is 543 g/mol. The first-order chi connectivity index (χ1) is 19.3. The van der Waals surface area contributed by atoms with Crippen molar-refractivity contribution < 1.29 is 4.57 Å². The molecule has 0 radical (unpaired) electrons. The number of hydrogen-bond acceptors (Lipinski definition) is 0. The van der Waals surface area contributed by atoms with Crippen molar-refractivity contribution in [1.82, 2.24) is 0 Å². The SMILES string of the molecule is CCCCCCCCCCCCC[n+]1cc(CCCCCCCCCC)cc(CCCCCCCCCC)c1. The quantitative estimate of drug-likeness (QED) is 0.0672. The summed E-state index contributed by atoms with van der Waals surface area (Å²) >= 11 is 0. The number of aryl methyl sites for hydroxylation is 3. The van der Waals surface area contributed by atoms with Crippen molar-refractivity contribution in [1.29, 1.82) is 0 Å². The summed E-state index contributed by atoms with van der Waals surface area (Å²) < 4.78 is 2.56. The van der Waals surface area contributed by atoms with Crippen molar-refractivity contribution in [3.05, 3.63) is 29.6 Å². The summed E-state index contributed by atoms with van der Waals surface area (Å²) in [6.07, 6.45) is 45.9. The molecule has 1 aromatic heterocycles. The molecule has 0 fully saturated rings. The highest BCUT2D eigenvalue weighted by Gasteiger charge is 2.09. The van der Waals surface area contributed by atoms with Gasteiger partial charge in [-0.15, -0.1) is 0 Å². The first-order valence-corrected chi connectivity index (χ1v) is 18.3. The third-order valence-corrected chi connectivity index (χ3v) is 8.69. The van der Waals surface area contributed by atoms with Crippen LogP contribution >= 0.6 is 0 Å². The number of aromatic nitrogens is 1. The number of unbranched alkanes of at least 4 members (excludes halogenated alkanes) is 24. The van der Waals surface area contributed by atoms with E-state index in [4.69, 9.17) is 0 Å². The van der Waals surface area contributed by atoms with Gasteiger partial charge in [-0.3, -0.25) is 0 Å². The molecule has 1 heterocycles. The highest BCUT2D eigenvalue weighted by Crippen LogP contribution is 2.15. The third kappa shape index (κ3) is 23.5. The van der Waals surface area contributed by atoms with Gasteiger partial charge in [0.2, 0.25) is 0 Å². The predicted octanol–water partition coefficient (Wildman–Crippen LogP) is 12.7. The molecule has 0 saturated carbocycles. The third-order valence-electron chi connectivity index (χ3n) is 8.69. The molecule has 1 aromatic rings. The average Bonchev–Trinajstić information content (AvgIpc) is 2.94. The second-order valence-electron chi connectivity index (χ2n) is 12.8. The van der Waals surface area contributed by atoms with Crippen molar-refractivity contribution >= 4 is 0 Å². The lowest BCUT2D eigenvalue weighted by atomic mass is 10.0. The predicted molar refractivity (Wildman–Crippen MR) is 176 cm³/mol. The highest BCUT2D eigenvalue weighted by molar-refractivity contribution is 5.15. The standard InChI is InChI=1S/C38H72N/c1-4-7-10-13-16-19-20-21-24-27-30-33-39-35-37(31-28-25-22-17-14-11-8-5-2)34-38(36-39)32-29-26-23-18-15-12-9-6-3/h34-36H,4-33H2,1-3H3/q+1. The van der Waals surface area contributed by atoms with Gasteiger partial charge in [-0.1, -0.05) is 168 Å². The summed E-state index contributed by atoms with van der Waals surface area (Å²) in [5, 5.41) is 0. The normalized spacial score (nSPS) is 11.5. The van der Waals surface area contributed by atoms with Gasteiger partial charge in [-0.2, -0.15) is 0 Å². The first-order valence-electron chi connectivity index (χ1n) is 18.3. The zero-order chi connectivity index (χ0) is 28.1. The fraction of sp³-hybridized carbons (Fsp3) is 0.868. The van der Waals surface area contributed by atoms with Crippen LogP contribution in [0.4, 0.5) is 0 Å². The molecule has 0 bridgehead atoms. The van der Waals surface area contributed by atoms with Crippen LogP contribution in [0.5, 0.6) is 0 Å². The Morgan fingerprint density at radius 3 is 0.974 bits per heavy atom. The molecule has 0 spiro atoms. The van der Waals surface area contributed by atoms with Gasteiger partial charge in [0.1, 0.15) is 6.54 Å². The first kappa shape index (κ1) is 36.2.